The van der Waals surface area contributed by atoms with Crippen LogP contribution < -0.4 is 14.8 Å². The van der Waals surface area contributed by atoms with Gasteiger partial charge in [0.25, 0.3) is 5.91 Å². The normalized spacial score (nSPS) is 10.0. The summed E-state index contributed by atoms with van der Waals surface area (Å²) >= 11 is 6.15. The third-order valence-electron chi connectivity index (χ3n) is 3.33. The number of halogens is 1. The van der Waals surface area contributed by atoms with Crippen molar-refractivity contribution in [2.45, 2.75) is 13.3 Å². The molecule has 0 unspecified atom stereocenters. The molecule has 2 amide bonds. The van der Waals surface area contributed by atoms with Crippen molar-refractivity contribution in [3.05, 3.63) is 22.7 Å². The van der Waals surface area contributed by atoms with Gasteiger partial charge in [0.15, 0.2) is 18.1 Å². The largest absolute Gasteiger partial charge is 0.493 e. The molecule has 0 spiro atoms. The Hall–Kier alpha value is -2.48. The maximum Gasteiger partial charge on any atom is 0.338 e. The zero-order chi connectivity index (χ0) is 19.7. The SMILES string of the molecule is CCCOc1c(Cl)cc(C(=O)OCC(=O)N(C)CC(=O)NC)cc1OC. The fraction of sp³-hybridized carbons (Fsp3) is 0.471. The molecule has 26 heavy (non-hydrogen) atoms. The summed E-state index contributed by atoms with van der Waals surface area (Å²) in [5, 5.41) is 2.60. The highest BCUT2D eigenvalue weighted by atomic mass is 35.5. The number of amides is 2. The number of esters is 1. The maximum absolute atomic E-state index is 12.2. The molecule has 0 aliphatic heterocycles. The summed E-state index contributed by atoms with van der Waals surface area (Å²) in [6.45, 7) is 1.77. The van der Waals surface area contributed by atoms with Crippen LogP contribution in [0, 0.1) is 0 Å². The van der Waals surface area contributed by atoms with Crippen LogP contribution in [0.15, 0.2) is 12.1 Å². The summed E-state index contributed by atoms with van der Waals surface area (Å²) in [5.74, 6) is -0.946. The Kier molecular flexibility index (Phi) is 8.71. The van der Waals surface area contributed by atoms with Crippen molar-refractivity contribution in [1.82, 2.24) is 10.2 Å². The number of likely N-dealkylation sites (N-methyl/N-ethyl adjacent to an activating group) is 2. The zero-order valence-electron chi connectivity index (χ0n) is 15.3. The van der Waals surface area contributed by atoms with Crippen molar-refractivity contribution in [2.75, 3.05) is 41.0 Å². The minimum Gasteiger partial charge on any atom is -0.493 e. The van der Waals surface area contributed by atoms with Gasteiger partial charge in [-0.05, 0) is 18.6 Å². The third kappa shape index (κ3) is 6.11. The molecule has 9 heteroatoms. The minimum atomic E-state index is -0.742. The molecule has 1 aromatic carbocycles. The van der Waals surface area contributed by atoms with Crippen LogP contribution in [-0.2, 0) is 14.3 Å². The Labute approximate surface area is 157 Å². The number of carbonyl (C=O) groups is 3. The number of hydrogen-bond acceptors (Lipinski definition) is 6. The molecule has 1 N–H and O–H groups in total. The van der Waals surface area contributed by atoms with Gasteiger partial charge in [-0.1, -0.05) is 18.5 Å². The number of carbonyl (C=O) groups excluding carboxylic acids is 3. The fourth-order valence-electron chi connectivity index (χ4n) is 1.89. The van der Waals surface area contributed by atoms with Crippen LogP contribution in [0.4, 0.5) is 0 Å². The Bertz CT molecular complexity index is 665. The third-order valence-corrected chi connectivity index (χ3v) is 3.61. The molecule has 8 nitrogen and oxygen atoms in total. The van der Waals surface area contributed by atoms with E-state index in [-0.39, 0.29) is 23.0 Å². The highest BCUT2D eigenvalue weighted by molar-refractivity contribution is 6.32. The highest BCUT2D eigenvalue weighted by Crippen LogP contribution is 2.36. The van der Waals surface area contributed by atoms with Gasteiger partial charge in [-0.15, -0.1) is 0 Å². The van der Waals surface area contributed by atoms with Crippen LogP contribution in [0.25, 0.3) is 0 Å². The first-order valence-electron chi connectivity index (χ1n) is 7.96. The van der Waals surface area contributed by atoms with Crippen molar-refractivity contribution in [1.29, 1.82) is 0 Å². The number of methoxy groups -OCH3 is 1. The predicted octanol–water partition coefficient (Wildman–Crippen LogP) is 1.50. The molecule has 0 atom stereocenters. The molecule has 0 aliphatic carbocycles. The average molecular weight is 387 g/mol. The van der Waals surface area contributed by atoms with Crippen LogP contribution in [0.3, 0.4) is 0 Å². The number of benzene rings is 1. The van der Waals surface area contributed by atoms with E-state index in [1.165, 1.54) is 33.3 Å². The summed E-state index contributed by atoms with van der Waals surface area (Å²) in [6, 6.07) is 2.81. The maximum atomic E-state index is 12.2. The standard InChI is InChI=1S/C17H23ClN2O6/c1-5-6-25-16-12(18)7-11(8-13(16)24-4)17(23)26-10-15(22)20(3)9-14(21)19-2/h7-8H,5-6,9-10H2,1-4H3,(H,19,21). The number of ether oxygens (including phenoxy) is 3. The smallest absolute Gasteiger partial charge is 0.338 e. The van der Waals surface area contributed by atoms with Crippen LogP contribution in [0.2, 0.25) is 5.02 Å². The second-order valence-corrected chi connectivity index (χ2v) is 5.74. The number of nitrogens with zero attached hydrogens (tertiary/aromatic N) is 1. The van der Waals surface area contributed by atoms with Gasteiger partial charge < -0.3 is 24.4 Å². The van der Waals surface area contributed by atoms with Crippen LogP contribution in [0.5, 0.6) is 11.5 Å². The number of hydrogen-bond donors (Lipinski definition) is 1. The topological polar surface area (TPSA) is 94.2 Å². The molecule has 1 aromatic rings. The Morgan fingerprint density at radius 2 is 1.96 bits per heavy atom. The Morgan fingerprint density at radius 1 is 1.27 bits per heavy atom. The molecule has 144 valence electrons. The Morgan fingerprint density at radius 3 is 2.54 bits per heavy atom. The lowest BCUT2D eigenvalue weighted by atomic mass is 10.2. The lowest BCUT2D eigenvalue weighted by Crippen LogP contribution is -2.39. The van der Waals surface area contributed by atoms with Crippen LogP contribution in [0.1, 0.15) is 23.7 Å². The zero-order valence-corrected chi connectivity index (χ0v) is 16.0. The van der Waals surface area contributed by atoms with Crippen molar-refractivity contribution >= 4 is 29.4 Å². The minimum absolute atomic E-state index is 0.123. The van der Waals surface area contributed by atoms with Gasteiger partial charge >= 0.3 is 5.97 Å². The lowest BCUT2D eigenvalue weighted by molar-refractivity contribution is -0.137. The summed E-state index contributed by atoms with van der Waals surface area (Å²) < 4.78 is 15.7. The second kappa shape index (κ2) is 10.5. The second-order valence-electron chi connectivity index (χ2n) is 5.34. The molecule has 0 radical (unpaired) electrons. The molecule has 0 saturated carbocycles. The van der Waals surface area contributed by atoms with E-state index >= 15 is 0 Å². The molecule has 0 aromatic heterocycles. The van der Waals surface area contributed by atoms with E-state index in [0.717, 1.165) is 11.3 Å². The van der Waals surface area contributed by atoms with Gasteiger partial charge in [0.05, 0.1) is 30.8 Å². The van der Waals surface area contributed by atoms with Crippen molar-refractivity contribution in [3.8, 4) is 11.5 Å². The lowest BCUT2D eigenvalue weighted by Gasteiger charge is -2.16. The van der Waals surface area contributed by atoms with E-state index in [1.54, 1.807) is 0 Å². The van der Waals surface area contributed by atoms with Crippen molar-refractivity contribution < 1.29 is 28.6 Å². The van der Waals surface area contributed by atoms with Gasteiger partial charge in [-0.25, -0.2) is 4.79 Å². The summed E-state index contributed by atoms with van der Waals surface area (Å²) in [4.78, 5) is 36.5. The summed E-state index contributed by atoms with van der Waals surface area (Å²) in [5.41, 5.74) is 0.123. The summed E-state index contributed by atoms with van der Waals surface area (Å²) in [6.07, 6.45) is 0.787. The number of nitrogens with one attached hydrogen (secondary N) is 1. The van der Waals surface area contributed by atoms with Crippen LogP contribution >= 0.6 is 11.6 Å². The van der Waals surface area contributed by atoms with Crippen molar-refractivity contribution in [2.24, 2.45) is 0 Å². The first-order chi connectivity index (χ1) is 12.3. The Balaban J connectivity index is 2.77. The number of rotatable bonds is 9. The molecule has 0 bridgehead atoms. The molecule has 0 heterocycles. The van der Waals surface area contributed by atoms with E-state index < -0.39 is 18.5 Å². The van der Waals surface area contributed by atoms with Gasteiger partial charge in [0.1, 0.15) is 0 Å². The monoisotopic (exact) mass is 386 g/mol. The predicted molar refractivity (Wildman–Crippen MR) is 95.8 cm³/mol. The quantitative estimate of drug-likeness (QED) is 0.646. The van der Waals surface area contributed by atoms with E-state index in [2.05, 4.69) is 5.32 Å². The molecular weight excluding hydrogens is 364 g/mol. The van der Waals surface area contributed by atoms with E-state index in [4.69, 9.17) is 25.8 Å². The van der Waals surface area contributed by atoms with Gasteiger partial charge in [0.2, 0.25) is 5.91 Å². The molecular formula is C17H23ClN2O6. The first-order valence-corrected chi connectivity index (χ1v) is 8.33. The van der Waals surface area contributed by atoms with Gasteiger partial charge in [0, 0.05) is 14.1 Å². The highest BCUT2D eigenvalue weighted by Gasteiger charge is 2.19. The molecule has 0 saturated heterocycles. The first kappa shape index (κ1) is 21.6. The van der Waals surface area contributed by atoms with E-state index in [0.29, 0.717) is 18.1 Å². The van der Waals surface area contributed by atoms with Crippen molar-refractivity contribution in [3.63, 3.8) is 0 Å². The van der Waals surface area contributed by atoms with E-state index in [1.807, 2.05) is 6.92 Å². The molecule has 1 rings (SSSR count). The van der Waals surface area contributed by atoms with E-state index in [9.17, 15) is 14.4 Å². The fourth-order valence-corrected chi connectivity index (χ4v) is 2.15. The molecule has 0 aliphatic rings. The van der Waals surface area contributed by atoms with Gasteiger partial charge in [-0.3, -0.25) is 9.59 Å². The molecule has 0 fully saturated rings. The van der Waals surface area contributed by atoms with Crippen LogP contribution in [-0.4, -0.2) is 63.6 Å². The summed E-state index contributed by atoms with van der Waals surface area (Å²) in [7, 11) is 4.33. The average Bonchev–Trinajstić information content (AvgIpc) is 2.63. The van der Waals surface area contributed by atoms with Gasteiger partial charge in [-0.2, -0.15) is 0 Å².